The van der Waals surface area contributed by atoms with E-state index < -0.39 is 6.10 Å². The van der Waals surface area contributed by atoms with Gasteiger partial charge >= 0.3 is 0 Å². The van der Waals surface area contributed by atoms with Gasteiger partial charge in [0.1, 0.15) is 11.5 Å². The highest BCUT2D eigenvalue weighted by molar-refractivity contribution is 5.98. The van der Waals surface area contributed by atoms with Gasteiger partial charge in [-0.1, -0.05) is 5.16 Å². The van der Waals surface area contributed by atoms with E-state index in [1.54, 1.807) is 17.0 Å². The fourth-order valence-corrected chi connectivity index (χ4v) is 3.36. The van der Waals surface area contributed by atoms with Crippen LogP contribution in [0.4, 0.5) is 0 Å². The molecule has 0 unspecified atom stereocenters. The van der Waals surface area contributed by atoms with Crippen molar-refractivity contribution in [2.24, 2.45) is 5.92 Å². The maximum absolute atomic E-state index is 13.0. The van der Waals surface area contributed by atoms with Crippen molar-refractivity contribution in [2.45, 2.75) is 19.4 Å². The van der Waals surface area contributed by atoms with Gasteiger partial charge < -0.3 is 28.7 Å². The van der Waals surface area contributed by atoms with Crippen molar-refractivity contribution in [3.63, 3.8) is 0 Å². The van der Waals surface area contributed by atoms with Gasteiger partial charge in [-0.05, 0) is 6.92 Å². The second-order valence-electron chi connectivity index (χ2n) is 6.58. The molecular formula is C19H24N2O6. The highest BCUT2D eigenvalue weighted by Crippen LogP contribution is 2.36. The van der Waals surface area contributed by atoms with Crippen molar-refractivity contribution in [1.82, 2.24) is 10.1 Å². The first-order valence-electron chi connectivity index (χ1n) is 8.66. The fraction of sp³-hybridized carbons (Fsp3) is 0.474. The lowest BCUT2D eigenvalue weighted by atomic mass is 10.0. The number of amides is 1. The number of hydrogen-bond acceptors (Lipinski definition) is 7. The fourth-order valence-electron chi connectivity index (χ4n) is 3.36. The molecule has 1 amide bonds. The molecule has 0 aliphatic carbocycles. The molecule has 2 aromatic rings. The number of carbonyl (C=O) groups excluding carboxylic acids is 1. The third kappa shape index (κ3) is 3.85. The maximum atomic E-state index is 13.0. The van der Waals surface area contributed by atoms with E-state index in [1.165, 1.54) is 21.3 Å². The molecule has 0 saturated carbocycles. The zero-order valence-electron chi connectivity index (χ0n) is 15.9. The summed E-state index contributed by atoms with van der Waals surface area (Å²) in [6.07, 6.45) is -0.111. The van der Waals surface area contributed by atoms with Crippen LogP contribution in [0.3, 0.4) is 0 Å². The van der Waals surface area contributed by atoms with Crippen LogP contribution in [-0.4, -0.2) is 61.6 Å². The molecule has 1 fully saturated rings. The van der Waals surface area contributed by atoms with Gasteiger partial charge in [-0.15, -0.1) is 0 Å². The number of aliphatic hydroxyl groups excluding tert-OH is 1. The van der Waals surface area contributed by atoms with Gasteiger partial charge in [-0.2, -0.15) is 0 Å². The van der Waals surface area contributed by atoms with Crippen molar-refractivity contribution < 1.29 is 28.6 Å². The van der Waals surface area contributed by atoms with Crippen molar-refractivity contribution in [1.29, 1.82) is 0 Å². The summed E-state index contributed by atoms with van der Waals surface area (Å²) in [6.45, 7) is 2.50. The molecule has 8 heteroatoms. The normalized spacial score (nSPS) is 19.2. The van der Waals surface area contributed by atoms with Crippen LogP contribution in [0.1, 0.15) is 21.8 Å². The summed E-state index contributed by atoms with van der Waals surface area (Å²) in [7, 11) is 4.52. The predicted octanol–water partition coefficient (Wildman–Crippen LogP) is 1.68. The number of β-amino-alcohol motifs (C(OH)–C–C–N with tert-alkyl or cyclic N) is 1. The smallest absolute Gasteiger partial charge is 0.257 e. The lowest BCUT2D eigenvalue weighted by Crippen LogP contribution is -2.30. The van der Waals surface area contributed by atoms with Crippen LogP contribution in [0, 0.1) is 12.8 Å². The number of aryl methyl sites for hydroxylation is 1. The first-order chi connectivity index (χ1) is 13.0. The lowest BCUT2D eigenvalue weighted by molar-refractivity contribution is 0.0760. The Kier molecular flexibility index (Phi) is 5.55. The van der Waals surface area contributed by atoms with Gasteiger partial charge in [0, 0.05) is 43.6 Å². The maximum Gasteiger partial charge on any atom is 0.257 e. The third-order valence-corrected chi connectivity index (χ3v) is 4.77. The first-order valence-corrected chi connectivity index (χ1v) is 8.66. The average molecular weight is 376 g/mol. The standard InChI is InChI=1S/C19H24N2O6/c1-11-5-13(27-20-11)6-12-9-21(10-15(12)22)19(23)14-7-17(25-3)18(26-4)8-16(14)24-2/h5,7-8,12,15,22H,6,9-10H2,1-4H3/t12-,15+/m1/s1. The van der Waals surface area contributed by atoms with Gasteiger partial charge in [0.25, 0.3) is 5.91 Å². The Morgan fingerprint density at radius 1 is 1.15 bits per heavy atom. The van der Waals surface area contributed by atoms with Gasteiger partial charge in [-0.25, -0.2) is 0 Å². The lowest BCUT2D eigenvalue weighted by Gasteiger charge is -2.19. The Labute approximate surface area is 157 Å². The molecule has 1 N–H and O–H groups in total. The number of ether oxygens (including phenoxy) is 3. The van der Waals surface area contributed by atoms with E-state index in [9.17, 15) is 9.90 Å². The van der Waals surface area contributed by atoms with Crippen LogP contribution in [-0.2, 0) is 6.42 Å². The van der Waals surface area contributed by atoms with Crippen LogP contribution < -0.4 is 14.2 Å². The van der Waals surface area contributed by atoms with E-state index in [4.69, 9.17) is 18.7 Å². The van der Waals surface area contributed by atoms with Gasteiger partial charge in [0.15, 0.2) is 11.5 Å². The average Bonchev–Trinajstić information content (AvgIpc) is 3.25. The zero-order chi connectivity index (χ0) is 19.6. The molecule has 3 rings (SSSR count). The van der Waals surface area contributed by atoms with E-state index in [0.717, 1.165) is 5.69 Å². The third-order valence-electron chi connectivity index (χ3n) is 4.77. The first kappa shape index (κ1) is 19.0. The second-order valence-corrected chi connectivity index (χ2v) is 6.58. The SMILES string of the molecule is COc1cc(OC)c(C(=O)N2C[C@@H](Cc3cc(C)no3)[C@@H](O)C2)cc1OC. The molecule has 1 aliphatic rings. The molecule has 1 aliphatic heterocycles. The van der Waals surface area contributed by atoms with Crippen LogP contribution in [0.2, 0.25) is 0 Å². The minimum Gasteiger partial charge on any atom is -0.496 e. The largest absolute Gasteiger partial charge is 0.496 e. The monoisotopic (exact) mass is 376 g/mol. The molecule has 2 heterocycles. The predicted molar refractivity (Wildman–Crippen MR) is 96.4 cm³/mol. The molecule has 1 aromatic carbocycles. The van der Waals surface area contributed by atoms with Crippen molar-refractivity contribution in [3.8, 4) is 17.2 Å². The van der Waals surface area contributed by atoms with E-state index in [2.05, 4.69) is 5.16 Å². The number of nitrogens with zero attached hydrogens (tertiary/aromatic N) is 2. The summed E-state index contributed by atoms with van der Waals surface area (Å²) in [4.78, 5) is 14.7. The number of hydrogen-bond donors (Lipinski definition) is 1. The minimum absolute atomic E-state index is 0.118. The number of rotatable bonds is 6. The van der Waals surface area contributed by atoms with Crippen LogP contribution in [0.25, 0.3) is 0 Å². The molecule has 1 saturated heterocycles. The Bertz CT molecular complexity index is 819. The summed E-state index contributed by atoms with van der Waals surface area (Å²) >= 11 is 0. The highest BCUT2D eigenvalue weighted by atomic mass is 16.5. The Morgan fingerprint density at radius 2 is 1.81 bits per heavy atom. The minimum atomic E-state index is -0.634. The molecule has 8 nitrogen and oxygen atoms in total. The molecule has 0 bridgehead atoms. The van der Waals surface area contributed by atoms with Crippen molar-refractivity contribution in [2.75, 3.05) is 34.4 Å². The molecule has 146 valence electrons. The summed E-state index contributed by atoms with van der Waals surface area (Å²) < 4.78 is 21.1. The number of carbonyl (C=O) groups is 1. The Morgan fingerprint density at radius 3 is 2.41 bits per heavy atom. The molecule has 2 atom stereocenters. The number of aliphatic hydroxyl groups is 1. The van der Waals surface area contributed by atoms with E-state index >= 15 is 0 Å². The summed E-state index contributed by atoms with van der Waals surface area (Å²) in [6, 6.07) is 5.06. The van der Waals surface area contributed by atoms with Crippen molar-refractivity contribution in [3.05, 3.63) is 35.2 Å². The molecular weight excluding hydrogens is 352 g/mol. The number of likely N-dealkylation sites (tertiary alicyclic amines) is 1. The molecule has 0 radical (unpaired) electrons. The molecule has 1 aromatic heterocycles. The highest BCUT2D eigenvalue weighted by Gasteiger charge is 2.36. The Balaban J connectivity index is 1.79. The topological polar surface area (TPSA) is 94.3 Å². The summed E-state index contributed by atoms with van der Waals surface area (Å²) in [5.74, 6) is 1.66. The summed E-state index contributed by atoms with van der Waals surface area (Å²) in [5, 5.41) is 14.3. The van der Waals surface area contributed by atoms with Crippen LogP contribution in [0.5, 0.6) is 17.2 Å². The Hall–Kier alpha value is -2.74. The second kappa shape index (κ2) is 7.87. The molecule has 0 spiro atoms. The van der Waals surface area contributed by atoms with Gasteiger partial charge in [0.05, 0.1) is 38.7 Å². The summed E-state index contributed by atoms with van der Waals surface area (Å²) in [5.41, 5.74) is 1.15. The van der Waals surface area contributed by atoms with E-state index in [1.807, 2.05) is 13.0 Å². The van der Waals surface area contributed by atoms with Crippen molar-refractivity contribution >= 4 is 5.91 Å². The number of benzene rings is 1. The number of methoxy groups -OCH3 is 3. The molecule has 27 heavy (non-hydrogen) atoms. The van der Waals surface area contributed by atoms with Gasteiger partial charge in [0.2, 0.25) is 0 Å². The quantitative estimate of drug-likeness (QED) is 0.820. The van der Waals surface area contributed by atoms with Gasteiger partial charge in [-0.3, -0.25) is 4.79 Å². The van der Waals surface area contributed by atoms with E-state index in [0.29, 0.717) is 41.5 Å². The van der Waals surface area contributed by atoms with E-state index in [-0.39, 0.29) is 18.4 Å². The zero-order valence-corrected chi connectivity index (χ0v) is 15.9. The number of aromatic nitrogens is 1. The van der Waals surface area contributed by atoms with Crippen LogP contribution in [0.15, 0.2) is 22.7 Å². The van der Waals surface area contributed by atoms with Crippen LogP contribution >= 0.6 is 0 Å².